The molecule has 9 heteroatoms. The molecule has 1 aromatic heterocycles. The number of ketones is 2. The minimum atomic E-state index is -0.349. The Morgan fingerprint density at radius 3 is 2.80 bits per heavy atom. The molecule has 25 heavy (non-hydrogen) atoms. The van der Waals surface area contributed by atoms with Crippen molar-refractivity contribution in [2.45, 2.75) is 30.2 Å². The van der Waals surface area contributed by atoms with Gasteiger partial charge in [0.15, 0.2) is 11.6 Å². The number of carbonyl (C=O) groups is 2. The quantitative estimate of drug-likeness (QED) is 0.436. The summed E-state index contributed by atoms with van der Waals surface area (Å²) in [5.41, 5.74) is 1.23. The van der Waals surface area contributed by atoms with Crippen LogP contribution in [0.2, 0.25) is 5.02 Å². The van der Waals surface area contributed by atoms with Crippen molar-refractivity contribution < 1.29 is 9.59 Å². The van der Waals surface area contributed by atoms with Gasteiger partial charge in [-0.3, -0.25) is 9.59 Å². The molecule has 0 spiro atoms. The topological polar surface area (TPSA) is 77.7 Å². The third kappa shape index (κ3) is 3.94. The van der Waals surface area contributed by atoms with Gasteiger partial charge >= 0.3 is 0 Å². The van der Waals surface area contributed by atoms with E-state index in [-0.39, 0.29) is 17.1 Å². The lowest BCUT2D eigenvalue weighted by Crippen LogP contribution is -2.19. The highest BCUT2D eigenvalue weighted by Crippen LogP contribution is 2.31. The van der Waals surface area contributed by atoms with Gasteiger partial charge < -0.3 is 0 Å². The van der Waals surface area contributed by atoms with E-state index in [4.69, 9.17) is 23.2 Å². The lowest BCUT2D eigenvalue weighted by atomic mass is 9.90. The van der Waals surface area contributed by atoms with Gasteiger partial charge in [0, 0.05) is 34.8 Å². The molecule has 0 bridgehead atoms. The predicted molar refractivity (Wildman–Crippen MR) is 95.9 cm³/mol. The zero-order chi connectivity index (χ0) is 18.0. The van der Waals surface area contributed by atoms with Gasteiger partial charge in [-0.2, -0.15) is 0 Å². The molecule has 1 aromatic carbocycles. The summed E-state index contributed by atoms with van der Waals surface area (Å²) in [4.78, 5) is 25.1. The van der Waals surface area contributed by atoms with Gasteiger partial charge in [-0.05, 0) is 47.0 Å². The number of benzene rings is 1. The number of thioether (sulfide) groups is 1. The van der Waals surface area contributed by atoms with Crippen molar-refractivity contribution in [3.8, 4) is 0 Å². The Kier molecular flexibility index (Phi) is 5.56. The van der Waals surface area contributed by atoms with Crippen LogP contribution in [0.5, 0.6) is 0 Å². The van der Waals surface area contributed by atoms with E-state index in [0.717, 1.165) is 0 Å². The highest BCUT2D eigenvalue weighted by atomic mass is 35.5. The van der Waals surface area contributed by atoms with Gasteiger partial charge in [0.1, 0.15) is 0 Å². The van der Waals surface area contributed by atoms with Crippen LogP contribution in [0.15, 0.2) is 34.0 Å². The van der Waals surface area contributed by atoms with Crippen LogP contribution in [0, 0.1) is 0 Å². The van der Waals surface area contributed by atoms with E-state index >= 15 is 0 Å². The fourth-order valence-corrected chi connectivity index (χ4v) is 3.94. The first-order valence-corrected chi connectivity index (χ1v) is 9.31. The summed E-state index contributed by atoms with van der Waals surface area (Å²) in [7, 11) is 1.73. The van der Waals surface area contributed by atoms with Crippen molar-refractivity contribution >= 4 is 46.5 Å². The molecular formula is C16H14Cl2N4O2S. The van der Waals surface area contributed by atoms with Gasteiger partial charge in [-0.25, -0.2) is 4.68 Å². The molecule has 0 fully saturated rings. The largest absolute Gasteiger partial charge is 0.294 e. The number of allylic oxidation sites excluding steroid dienone is 2. The van der Waals surface area contributed by atoms with E-state index in [1.807, 2.05) is 0 Å². The monoisotopic (exact) mass is 396 g/mol. The molecular weight excluding hydrogens is 383 g/mol. The standard InChI is InChI=1S/C16H14Cl2N4O2S/c1-22-16(19-20-21-22)25-8-9-7-10(17)5-6-11(9)15(24)14-12(18)3-2-4-13(14)23/h5-7H,2-4,8H2,1H3. The summed E-state index contributed by atoms with van der Waals surface area (Å²) in [5, 5.41) is 12.7. The van der Waals surface area contributed by atoms with Crippen LogP contribution in [0.1, 0.15) is 35.2 Å². The predicted octanol–water partition coefficient (Wildman–Crippen LogP) is 3.58. The first-order chi connectivity index (χ1) is 12.0. The second-order valence-corrected chi connectivity index (χ2v) is 7.40. The van der Waals surface area contributed by atoms with Gasteiger partial charge in [0.05, 0.1) is 5.57 Å². The molecule has 0 aliphatic heterocycles. The maximum atomic E-state index is 12.9. The molecule has 1 heterocycles. The minimum Gasteiger partial charge on any atom is -0.294 e. The van der Waals surface area contributed by atoms with Crippen LogP contribution in [-0.2, 0) is 17.6 Å². The average molecular weight is 397 g/mol. The number of tetrazole rings is 1. The van der Waals surface area contributed by atoms with Gasteiger partial charge in [-0.15, -0.1) is 5.10 Å². The number of carbonyl (C=O) groups excluding carboxylic acids is 2. The SMILES string of the molecule is Cn1nnnc1SCc1cc(Cl)ccc1C(=O)C1=C(Cl)CCCC1=O. The van der Waals surface area contributed by atoms with E-state index in [2.05, 4.69) is 15.5 Å². The van der Waals surface area contributed by atoms with E-state index < -0.39 is 0 Å². The number of rotatable bonds is 5. The lowest BCUT2D eigenvalue weighted by molar-refractivity contribution is -0.115. The number of hydrogen-bond acceptors (Lipinski definition) is 6. The van der Waals surface area contributed by atoms with Crippen LogP contribution in [0.25, 0.3) is 0 Å². The van der Waals surface area contributed by atoms with E-state index in [1.54, 1.807) is 29.9 Å². The first kappa shape index (κ1) is 18.1. The lowest BCUT2D eigenvalue weighted by Gasteiger charge is -2.16. The Labute approximate surface area is 158 Å². The molecule has 0 N–H and O–H groups in total. The number of hydrogen-bond donors (Lipinski definition) is 0. The number of Topliss-reactive ketones (excluding diaryl/α,β-unsaturated/α-hetero) is 2. The Morgan fingerprint density at radius 1 is 1.32 bits per heavy atom. The second-order valence-electron chi connectivity index (χ2n) is 5.56. The third-order valence-corrected chi connectivity index (χ3v) is 5.50. The van der Waals surface area contributed by atoms with Crippen LogP contribution >= 0.6 is 35.0 Å². The fraction of sp³-hybridized carbons (Fsp3) is 0.312. The number of halogens is 2. The molecule has 6 nitrogen and oxygen atoms in total. The maximum Gasteiger partial charge on any atom is 0.209 e. The number of aromatic nitrogens is 4. The smallest absolute Gasteiger partial charge is 0.209 e. The molecule has 0 saturated heterocycles. The highest BCUT2D eigenvalue weighted by Gasteiger charge is 2.28. The van der Waals surface area contributed by atoms with E-state index in [9.17, 15) is 9.59 Å². The minimum absolute atomic E-state index is 0.0989. The van der Waals surface area contributed by atoms with Gasteiger partial charge in [0.2, 0.25) is 5.16 Å². The molecule has 2 aromatic rings. The number of nitrogens with zero attached hydrogens (tertiary/aromatic N) is 4. The Balaban J connectivity index is 1.92. The summed E-state index contributed by atoms with van der Waals surface area (Å²) >= 11 is 13.6. The zero-order valence-electron chi connectivity index (χ0n) is 13.3. The van der Waals surface area contributed by atoms with Gasteiger partial charge in [-0.1, -0.05) is 35.0 Å². The molecule has 0 radical (unpaired) electrons. The normalized spacial score (nSPS) is 14.9. The summed E-state index contributed by atoms with van der Waals surface area (Å²) in [6.07, 6.45) is 1.58. The average Bonchev–Trinajstić information content (AvgIpc) is 2.98. The van der Waals surface area contributed by atoms with Crippen LogP contribution in [0.3, 0.4) is 0 Å². The summed E-state index contributed by atoms with van der Waals surface area (Å²) in [6, 6.07) is 4.98. The molecule has 130 valence electrons. The Bertz CT molecular complexity index is 879. The Morgan fingerprint density at radius 2 is 2.12 bits per heavy atom. The first-order valence-electron chi connectivity index (χ1n) is 7.57. The summed E-state index contributed by atoms with van der Waals surface area (Å²) in [6.45, 7) is 0. The fourth-order valence-electron chi connectivity index (χ4n) is 2.58. The van der Waals surface area contributed by atoms with Crippen LogP contribution in [0.4, 0.5) is 0 Å². The maximum absolute atomic E-state index is 12.9. The molecule has 0 atom stereocenters. The van der Waals surface area contributed by atoms with E-state index in [0.29, 0.717) is 51.4 Å². The zero-order valence-corrected chi connectivity index (χ0v) is 15.7. The second kappa shape index (κ2) is 7.68. The van der Waals surface area contributed by atoms with Crippen LogP contribution in [-0.4, -0.2) is 31.8 Å². The third-order valence-electron chi connectivity index (χ3n) is 3.83. The molecule has 1 aliphatic rings. The van der Waals surface area contributed by atoms with Crippen molar-refractivity contribution in [3.63, 3.8) is 0 Å². The van der Waals surface area contributed by atoms with Gasteiger partial charge in [0.25, 0.3) is 0 Å². The molecule has 0 amide bonds. The summed E-state index contributed by atoms with van der Waals surface area (Å²) < 4.78 is 1.54. The summed E-state index contributed by atoms with van der Waals surface area (Å²) in [5.74, 6) is -0.111. The van der Waals surface area contributed by atoms with Crippen molar-refractivity contribution in [2.24, 2.45) is 7.05 Å². The molecule has 0 saturated carbocycles. The van der Waals surface area contributed by atoms with E-state index in [1.165, 1.54) is 11.8 Å². The molecule has 3 rings (SSSR count). The van der Waals surface area contributed by atoms with Crippen molar-refractivity contribution in [1.29, 1.82) is 0 Å². The highest BCUT2D eigenvalue weighted by molar-refractivity contribution is 7.98. The van der Waals surface area contributed by atoms with Crippen LogP contribution < -0.4 is 0 Å². The molecule has 1 aliphatic carbocycles. The van der Waals surface area contributed by atoms with Crippen molar-refractivity contribution in [1.82, 2.24) is 20.2 Å². The van der Waals surface area contributed by atoms with Crippen molar-refractivity contribution in [2.75, 3.05) is 0 Å². The van der Waals surface area contributed by atoms with Crippen molar-refractivity contribution in [3.05, 3.63) is 45.0 Å². The Hall–Kier alpha value is -1.70. The molecule has 0 unspecified atom stereocenters. The number of aryl methyl sites for hydroxylation is 1.